The van der Waals surface area contributed by atoms with Gasteiger partial charge in [-0.25, -0.2) is 0 Å². The van der Waals surface area contributed by atoms with E-state index in [4.69, 9.17) is 0 Å². The number of anilines is 3. The molecule has 0 aromatic heterocycles. The van der Waals surface area contributed by atoms with Crippen LogP contribution in [-0.2, 0) is 10.8 Å². The quantitative estimate of drug-likeness (QED) is 0.171. The lowest BCUT2D eigenvalue weighted by molar-refractivity contribution is 0.353. The van der Waals surface area contributed by atoms with Gasteiger partial charge in [0.05, 0.1) is 0 Å². The molecule has 0 radical (unpaired) electrons. The second-order valence-corrected chi connectivity index (χ2v) is 16.8. The van der Waals surface area contributed by atoms with E-state index in [1.165, 1.54) is 115 Å². The second kappa shape index (κ2) is 12.7. The molecule has 1 fully saturated rings. The summed E-state index contributed by atoms with van der Waals surface area (Å²) in [5.74, 6) is 0. The normalized spacial score (nSPS) is 15.6. The first-order chi connectivity index (χ1) is 27.5. The van der Waals surface area contributed by atoms with E-state index in [1.807, 2.05) is 0 Å². The van der Waals surface area contributed by atoms with Crippen molar-refractivity contribution in [1.82, 2.24) is 0 Å². The highest BCUT2D eigenvalue weighted by molar-refractivity contribution is 5.97. The maximum absolute atomic E-state index is 2.54. The number of benzene rings is 8. The Kier molecular flexibility index (Phi) is 7.52. The van der Waals surface area contributed by atoms with Crippen LogP contribution >= 0.6 is 0 Å². The summed E-state index contributed by atoms with van der Waals surface area (Å²) in [6.45, 7) is 4.76. The third-order valence-electron chi connectivity index (χ3n) is 13.5. The van der Waals surface area contributed by atoms with Gasteiger partial charge in [-0.2, -0.15) is 0 Å². The van der Waals surface area contributed by atoms with Crippen LogP contribution in [0.1, 0.15) is 68.2 Å². The SMILES string of the molecule is CC1(C)c2ccccc2-c2cccc(-c3ccc(N(c4ccc(-c5cccc6ccccc56)cc4)c4ccc5c(c4)C4(CCCCC4)c4ccccc4-5)cc3)c21. The maximum atomic E-state index is 2.54. The Morgan fingerprint density at radius 2 is 0.911 bits per heavy atom. The first-order valence-electron chi connectivity index (χ1n) is 20.5. The first-order valence-corrected chi connectivity index (χ1v) is 20.5. The zero-order valence-electron chi connectivity index (χ0n) is 32.2. The Hall–Kier alpha value is -6.18. The summed E-state index contributed by atoms with van der Waals surface area (Å²) in [6, 6.07) is 66.2. The Labute approximate surface area is 330 Å². The highest BCUT2D eigenvalue weighted by atomic mass is 15.1. The Balaban J connectivity index is 1.04. The zero-order valence-corrected chi connectivity index (χ0v) is 32.2. The van der Waals surface area contributed by atoms with Gasteiger partial charge in [-0.1, -0.05) is 173 Å². The van der Waals surface area contributed by atoms with Gasteiger partial charge in [0.15, 0.2) is 0 Å². The molecule has 270 valence electrons. The van der Waals surface area contributed by atoms with Gasteiger partial charge < -0.3 is 4.90 Å². The zero-order chi connectivity index (χ0) is 37.4. The third kappa shape index (κ3) is 4.93. The van der Waals surface area contributed by atoms with Crippen molar-refractivity contribution >= 4 is 27.8 Å². The molecule has 0 aliphatic heterocycles. The van der Waals surface area contributed by atoms with Crippen molar-refractivity contribution in [3.63, 3.8) is 0 Å². The van der Waals surface area contributed by atoms with E-state index in [9.17, 15) is 0 Å². The van der Waals surface area contributed by atoms with Crippen molar-refractivity contribution in [3.8, 4) is 44.5 Å². The summed E-state index contributed by atoms with van der Waals surface area (Å²) in [5.41, 5.74) is 20.0. The molecule has 1 nitrogen and oxygen atoms in total. The molecule has 0 amide bonds. The summed E-state index contributed by atoms with van der Waals surface area (Å²) in [5, 5.41) is 2.55. The standard InChI is InChI=1S/C55H45N/c1-54(2)50-22-8-6-18-47(50)49-21-13-20-45(53(49)54)39-26-30-41(31-27-39)56(40-28-24-38(25-29-40)44-19-12-15-37-14-4-5-16-43(37)44)42-32-33-48-46-17-7-9-23-51(46)55(52(48)36-42)34-10-3-11-35-55/h4-9,12-33,36H,3,10-11,34-35H2,1-2H3. The van der Waals surface area contributed by atoms with Crippen LogP contribution in [0.5, 0.6) is 0 Å². The van der Waals surface area contributed by atoms with E-state index < -0.39 is 0 Å². The number of hydrogen-bond acceptors (Lipinski definition) is 1. The van der Waals surface area contributed by atoms with Gasteiger partial charge in [-0.15, -0.1) is 0 Å². The van der Waals surface area contributed by atoms with E-state index in [1.54, 1.807) is 0 Å². The number of hydrogen-bond donors (Lipinski definition) is 0. The fourth-order valence-corrected chi connectivity index (χ4v) is 10.9. The average molecular weight is 720 g/mol. The Bertz CT molecular complexity index is 2790. The number of nitrogens with zero attached hydrogens (tertiary/aromatic N) is 1. The molecule has 0 N–H and O–H groups in total. The van der Waals surface area contributed by atoms with Gasteiger partial charge in [0.2, 0.25) is 0 Å². The van der Waals surface area contributed by atoms with Gasteiger partial charge in [-0.05, 0) is 127 Å². The Morgan fingerprint density at radius 1 is 0.393 bits per heavy atom. The van der Waals surface area contributed by atoms with Crippen LogP contribution in [0.25, 0.3) is 55.3 Å². The van der Waals surface area contributed by atoms with Gasteiger partial charge in [-0.3, -0.25) is 0 Å². The van der Waals surface area contributed by atoms with E-state index in [0.29, 0.717) is 0 Å². The van der Waals surface area contributed by atoms with Crippen molar-refractivity contribution in [2.24, 2.45) is 0 Å². The Morgan fingerprint density at radius 3 is 1.66 bits per heavy atom. The van der Waals surface area contributed by atoms with Crippen molar-refractivity contribution in [2.45, 2.75) is 56.8 Å². The predicted molar refractivity (Wildman–Crippen MR) is 236 cm³/mol. The van der Waals surface area contributed by atoms with Crippen LogP contribution in [0.3, 0.4) is 0 Å². The molecule has 1 spiro atoms. The molecule has 0 saturated heterocycles. The van der Waals surface area contributed by atoms with Crippen molar-refractivity contribution in [3.05, 3.63) is 198 Å². The highest BCUT2D eigenvalue weighted by Crippen LogP contribution is 2.57. The summed E-state index contributed by atoms with van der Waals surface area (Å²) in [7, 11) is 0. The maximum Gasteiger partial charge on any atom is 0.0465 e. The fraction of sp³-hybridized carbons (Fsp3) is 0.164. The van der Waals surface area contributed by atoms with E-state index in [0.717, 1.165) is 11.4 Å². The van der Waals surface area contributed by atoms with Crippen LogP contribution in [0.2, 0.25) is 0 Å². The van der Waals surface area contributed by atoms with Crippen LogP contribution in [0.15, 0.2) is 176 Å². The summed E-state index contributed by atoms with van der Waals surface area (Å²) < 4.78 is 0. The molecule has 0 bridgehead atoms. The smallest absolute Gasteiger partial charge is 0.0465 e. The molecule has 8 aromatic rings. The van der Waals surface area contributed by atoms with Crippen LogP contribution in [0, 0.1) is 0 Å². The van der Waals surface area contributed by atoms with Gasteiger partial charge in [0, 0.05) is 27.9 Å². The van der Waals surface area contributed by atoms with Gasteiger partial charge in [0.25, 0.3) is 0 Å². The van der Waals surface area contributed by atoms with Crippen LogP contribution < -0.4 is 4.90 Å². The molecule has 8 aromatic carbocycles. The van der Waals surface area contributed by atoms with Crippen LogP contribution in [0.4, 0.5) is 17.1 Å². The lowest BCUT2D eigenvalue weighted by atomic mass is 9.68. The molecule has 1 saturated carbocycles. The summed E-state index contributed by atoms with van der Waals surface area (Å²) >= 11 is 0. The monoisotopic (exact) mass is 719 g/mol. The third-order valence-corrected chi connectivity index (χ3v) is 13.5. The topological polar surface area (TPSA) is 3.24 Å². The second-order valence-electron chi connectivity index (χ2n) is 16.8. The van der Waals surface area contributed by atoms with E-state index >= 15 is 0 Å². The average Bonchev–Trinajstić information content (AvgIpc) is 3.65. The van der Waals surface area contributed by atoms with Crippen molar-refractivity contribution in [1.29, 1.82) is 0 Å². The van der Waals surface area contributed by atoms with Crippen molar-refractivity contribution in [2.75, 3.05) is 4.90 Å². The molecule has 56 heavy (non-hydrogen) atoms. The molecule has 11 rings (SSSR count). The number of rotatable bonds is 5. The van der Waals surface area contributed by atoms with Crippen LogP contribution in [-0.4, -0.2) is 0 Å². The minimum absolute atomic E-state index is 0.0733. The molecule has 0 unspecified atom stereocenters. The summed E-state index contributed by atoms with van der Waals surface area (Å²) in [4.78, 5) is 2.48. The largest absolute Gasteiger partial charge is 0.310 e. The molecule has 3 aliphatic rings. The van der Waals surface area contributed by atoms with Gasteiger partial charge in [0.1, 0.15) is 0 Å². The van der Waals surface area contributed by atoms with Gasteiger partial charge >= 0.3 is 0 Å². The fourth-order valence-electron chi connectivity index (χ4n) is 10.9. The molecule has 0 atom stereocenters. The van der Waals surface area contributed by atoms with E-state index in [-0.39, 0.29) is 10.8 Å². The molecular weight excluding hydrogens is 675 g/mol. The molecular formula is C55H45N. The molecule has 3 aliphatic carbocycles. The lowest BCUT2D eigenvalue weighted by Gasteiger charge is -2.36. The van der Waals surface area contributed by atoms with E-state index in [2.05, 4.69) is 195 Å². The minimum atomic E-state index is -0.0733. The minimum Gasteiger partial charge on any atom is -0.310 e. The molecule has 1 heteroatoms. The number of fused-ring (bicyclic) bond motifs is 9. The highest BCUT2D eigenvalue weighted by Gasteiger charge is 2.44. The predicted octanol–water partition coefficient (Wildman–Crippen LogP) is 15.2. The van der Waals surface area contributed by atoms with Crippen molar-refractivity contribution < 1.29 is 0 Å². The first kappa shape index (κ1) is 33.2. The molecule has 0 heterocycles. The summed E-state index contributed by atoms with van der Waals surface area (Å²) in [6.07, 6.45) is 6.33. The lowest BCUT2D eigenvalue weighted by Crippen LogP contribution is -2.28.